The third-order valence-corrected chi connectivity index (χ3v) is 6.63. The Morgan fingerprint density at radius 3 is 2.60 bits per heavy atom. The van der Waals surface area contributed by atoms with E-state index in [0.29, 0.717) is 17.7 Å². The van der Waals surface area contributed by atoms with E-state index in [2.05, 4.69) is 39.0 Å². The number of hydrogen-bond donors (Lipinski definition) is 2. The van der Waals surface area contributed by atoms with Gasteiger partial charge in [-0.1, -0.05) is 0 Å². The standard InChI is InChI=1S/C23H26N6O/c1-29-7-5-14(6-8-29)16-10-18-19(12-24-16)28-22(27-18)20-21-15(11-25-23(20)30-2)9-17(26-21)13-3-4-13/h9-14,26H,3-8H2,1-2H3,(H,27,28). The number of pyridine rings is 2. The monoisotopic (exact) mass is 402 g/mol. The van der Waals surface area contributed by atoms with Crippen LogP contribution in [0.4, 0.5) is 0 Å². The highest BCUT2D eigenvalue weighted by Gasteiger charge is 2.27. The number of methoxy groups -OCH3 is 1. The van der Waals surface area contributed by atoms with E-state index in [1.54, 1.807) is 7.11 Å². The fraction of sp³-hybridized carbons (Fsp3) is 0.435. The van der Waals surface area contributed by atoms with Crippen LogP contribution < -0.4 is 4.74 Å². The summed E-state index contributed by atoms with van der Waals surface area (Å²) in [5.74, 6) is 2.50. The van der Waals surface area contributed by atoms with Crippen LogP contribution in [0.25, 0.3) is 33.3 Å². The Morgan fingerprint density at radius 2 is 1.83 bits per heavy atom. The second-order valence-electron chi connectivity index (χ2n) is 8.76. The maximum atomic E-state index is 5.61. The molecule has 7 heteroatoms. The van der Waals surface area contributed by atoms with Crippen molar-refractivity contribution in [3.05, 3.63) is 35.9 Å². The molecule has 5 heterocycles. The van der Waals surface area contributed by atoms with E-state index in [9.17, 15) is 0 Å². The Balaban J connectivity index is 1.44. The molecule has 1 saturated carbocycles. The van der Waals surface area contributed by atoms with Crippen molar-refractivity contribution >= 4 is 21.9 Å². The fourth-order valence-corrected chi connectivity index (χ4v) is 4.66. The van der Waals surface area contributed by atoms with Gasteiger partial charge in [-0.2, -0.15) is 0 Å². The molecule has 0 bridgehead atoms. The molecule has 0 unspecified atom stereocenters. The number of piperidine rings is 1. The van der Waals surface area contributed by atoms with Gasteiger partial charge < -0.3 is 19.6 Å². The van der Waals surface area contributed by atoms with Crippen molar-refractivity contribution in [3.63, 3.8) is 0 Å². The highest BCUT2D eigenvalue weighted by atomic mass is 16.5. The second kappa shape index (κ2) is 6.80. The van der Waals surface area contributed by atoms with Crippen molar-refractivity contribution in [2.75, 3.05) is 27.2 Å². The SMILES string of the molecule is COc1ncc2cc(C3CC3)[nH]c2c1-c1nc2cc(C3CCN(C)CC3)ncc2[nH]1. The van der Waals surface area contributed by atoms with Crippen LogP contribution in [-0.2, 0) is 0 Å². The van der Waals surface area contributed by atoms with Gasteiger partial charge in [0.1, 0.15) is 11.4 Å². The van der Waals surface area contributed by atoms with Crippen molar-refractivity contribution in [2.45, 2.75) is 37.5 Å². The Labute approximate surface area is 174 Å². The molecule has 154 valence electrons. The van der Waals surface area contributed by atoms with E-state index in [1.807, 2.05) is 12.4 Å². The van der Waals surface area contributed by atoms with Crippen LogP contribution >= 0.6 is 0 Å². The third-order valence-electron chi connectivity index (χ3n) is 6.63. The molecule has 2 aliphatic rings. The molecular formula is C23H26N6O. The summed E-state index contributed by atoms with van der Waals surface area (Å²) in [6, 6.07) is 4.36. The van der Waals surface area contributed by atoms with Crippen LogP contribution in [0.5, 0.6) is 5.88 Å². The second-order valence-corrected chi connectivity index (χ2v) is 8.76. The molecule has 2 fully saturated rings. The van der Waals surface area contributed by atoms with Crippen molar-refractivity contribution in [1.82, 2.24) is 29.8 Å². The summed E-state index contributed by atoms with van der Waals surface area (Å²) < 4.78 is 5.61. The van der Waals surface area contributed by atoms with E-state index < -0.39 is 0 Å². The van der Waals surface area contributed by atoms with Crippen molar-refractivity contribution in [3.8, 4) is 17.3 Å². The summed E-state index contributed by atoms with van der Waals surface area (Å²) >= 11 is 0. The molecule has 6 rings (SSSR count). The third kappa shape index (κ3) is 2.96. The zero-order chi connectivity index (χ0) is 20.2. The maximum Gasteiger partial charge on any atom is 0.226 e. The zero-order valence-corrected chi connectivity index (χ0v) is 17.4. The summed E-state index contributed by atoms with van der Waals surface area (Å²) in [5.41, 5.74) is 6.23. The summed E-state index contributed by atoms with van der Waals surface area (Å²) in [5, 5.41) is 1.10. The predicted octanol–water partition coefficient (Wildman–Crippen LogP) is 4.20. The fourth-order valence-electron chi connectivity index (χ4n) is 4.66. The van der Waals surface area contributed by atoms with Gasteiger partial charge in [-0.25, -0.2) is 9.97 Å². The summed E-state index contributed by atoms with van der Waals surface area (Å²) in [6.07, 6.45) is 8.60. The van der Waals surface area contributed by atoms with E-state index in [0.717, 1.165) is 64.9 Å². The highest BCUT2D eigenvalue weighted by Crippen LogP contribution is 2.43. The number of H-pyrrole nitrogens is 2. The number of nitrogens with zero attached hydrogens (tertiary/aromatic N) is 4. The van der Waals surface area contributed by atoms with E-state index in [4.69, 9.17) is 14.7 Å². The van der Waals surface area contributed by atoms with Crippen molar-refractivity contribution < 1.29 is 4.74 Å². The summed E-state index contributed by atoms with van der Waals surface area (Å²) in [7, 11) is 3.84. The lowest BCUT2D eigenvalue weighted by molar-refractivity contribution is 0.253. The first-order valence-corrected chi connectivity index (χ1v) is 10.8. The minimum absolute atomic E-state index is 0.509. The molecule has 7 nitrogen and oxygen atoms in total. The molecule has 1 saturated heterocycles. The minimum Gasteiger partial charge on any atom is -0.480 e. The van der Waals surface area contributed by atoms with Gasteiger partial charge in [-0.15, -0.1) is 0 Å². The Morgan fingerprint density at radius 1 is 1.00 bits per heavy atom. The topological polar surface area (TPSA) is 82.7 Å². The van der Waals surface area contributed by atoms with Gasteiger partial charge >= 0.3 is 0 Å². The van der Waals surface area contributed by atoms with Gasteiger partial charge in [0, 0.05) is 28.9 Å². The Bertz CT molecular complexity index is 1230. The first-order valence-electron chi connectivity index (χ1n) is 10.8. The normalized spacial score (nSPS) is 18.5. The number of hydrogen-bond acceptors (Lipinski definition) is 5. The lowest BCUT2D eigenvalue weighted by atomic mass is 9.93. The van der Waals surface area contributed by atoms with Gasteiger partial charge in [-0.05, 0) is 63.9 Å². The first kappa shape index (κ1) is 17.9. The van der Waals surface area contributed by atoms with Crippen LogP contribution in [0.1, 0.15) is 48.9 Å². The number of likely N-dealkylation sites (tertiary alicyclic amines) is 1. The quantitative estimate of drug-likeness (QED) is 0.535. The van der Waals surface area contributed by atoms with Crippen LogP contribution in [0.15, 0.2) is 24.5 Å². The number of ether oxygens (including phenoxy) is 1. The van der Waals surface area contributed by atoms with E-state index in [1.165, 1.54) is 18.5 Å². The molecule has 4 aromatic rings. The average Bonchev–Trinajstić information content (AvgIpc) is 3.39. The van der Waals surface area contributed by atoms with Crippen LogP contribution in [0.3, 0.4) is 0 Å². The molecule has 0 spiro atoms. The van der Waals surface area contributed by atoms with Gasteiger partial charge in [0.2, 0.25) is 5.88 Å². The largest absolute Gasteiger partial charge is 0.480 e. The Hall–Kier alpha value is -2.93. The molecule has 2 N–H and O–H groups in total. The maximum absolute atomic E-state index is 5.61. The molecule has 1 aliphatic heterocycles. The number of fused-ring (bicyclic) bond motifs is 2. The number of rotatable bonds is 4. The molecule has 0 amide bonds. The van der Waals surface area contributed by atoms with Crippen molar-refractivity contribution in [2.24, 2.45) is 0 Å². The lowest BCUT2D eigenvalue weighted by Crippen LogP contribution is -2.29. The predicted molar refractivity (Wildman–Crippen MR) is 117 cm³/mol. The van der Waals surface area contributed by atoms with E-state index >= 15 is 0 Å². The van der Waals surface area contributed by atoms with E-state index in [-0.39, 0.29) is 0 Å². The average molecular weight is 403 g/mol. The minimum atomic E-state index is 0.509. The summed E-state index contributed by atoms with van der Waals surface area (Å²) in [6.45, 7) is 2.24. The van der Waals surface area contributed by atoms with Crippen LogP contribution in [0, 0.1) is 0 Å². The molecule has 0 aromatic carbocycles. The molecule has 4 aromatic heterocycles. The molecule has 0 radical (unpaired) electrons. The smallest absolute Gasteiger partial charge is 0.226 e. The molecular weight excluding hydrogens is 376 g/mol. The summed E-state index contributed by atoms with van der Waals surface area (Å²) in [4.78, 5) is 23.7. The van der Waals surface area contributed by atoms with Crippen LogP contribution in [0.2, 0.25) is 0 Å². The number of imidazole rings is 1. The highest BCUT2D eigenvalue weighted by molar-refractivity contribution is 5.96. The zero-order valence-electron chi connectivity index (χ0n) is 17.4. The van der Waals surface area contributed by atoms with Crippen molar-refractivity contribution in [1.29, 1.82) is 0 Å². The van der Waals surface area contributed by atoms with Gasteiger partial charge in [0.25, 0.3) is 0 Å². The molecule has 30 heavy (non-hydrogen) atoms. The van der Waals surface area contributed by atoms with Gasteiger partial charge in [-0.3, -0.25) is 4.98 Å². The number of aromatic amines is 2. The van der Waals surface area contributed by atoms with Gasteiger partial charge in [0.05, 0.1) is 29.9 Å². The van der Waals surface area contributed by atoms with Crippen LogP contribution in [-0.4, -0.2) is 57.1 Å². The lowest BCUT2D eigenvalue weighted by Gasteiger charge is -2.28. The Kier molecular flexibility index (Phi) is 4.06. The molecule has 0 atom stereocenters. The number of aromatic nitrogens is 5. The molecule has 1 aliphatic carbocycles. The first-order chi connectivity index (χ1) is 14.7. The number of nitrogens with one attached hydrogen (secondary N) is 2. The van der Waals surface area contributed by atoms with Gasteiger partial charge in [0.15, 0.2) is 0 Å².